The average Bonchev–Trinajstić information content (AvgIpc) is 2.93. The van der Waals surface area contributed by atoms with Crippen LogP contribution in [0, 0.1) is 0 Å². The number of carboxylic acid groups (broad SMARTS) is 1. The van der Waals surface area contributed by atoms with Crippen LogP contribution in [0.1, 0.15) is 40.3 Å². The molecule has 0 fully saturated rings. The Morgan fingerprint density at radius 3 is 2.64 bits per heavy atom. The number of aromatic carboxylic acids is 1. The molecule has 0 saturated carbocycles. The normalized spacial score (nSPS) is 10.7. The van der Waals surface area contributed by atoms with Crippen molar-refractivity contribution >= 4 is 23.6 Å². The zero-order chi connectivity index (χ0) is 16.1. The molecule has 2 rings (SSSR count). The topological polar surface area (TPSA) is 79.5 Å². The first-order valence-corrected chi connectivity index (χ1v) is 7.80. The summed E-state index contributed by atoms with van der Waals surface area (Å²) < 4.78 is 5.21. The number of hydrogen-bond donors (Lipinski definition) is 2. The zero-order valence-corrected chi connectivity index (χ0v) is 13.1. The molecule has 0 atom stereocenters. The molecule has 2 N–H and O–H groups in total. The van der Waals surface area contributed by atoms with E-state index in [0.29, 0.717) is 17.1 Å². The Morgan fingerprint density at radius 2 is 1.95 bits per heavy atom. The van der Waals surface area contributed by atoms with Gasteiger partial charge in [-0.25, -0.2) is 4.79 Å². The lowest BCUT2D eigenvalue weighted by Crippen LogP contribution is -2.30. The number of carboxylic acids is 1. The average molecular weight is 319 g/mol. The van der Waals surface area contributed by atoms with Crippen molar-refractivity contribution in [3.8, 4) is 0 Å². The molecule has 0 aliphatic heterocycles. The Bertz CT molecular complexity index is 678. The van der Waals surface area contributed by atoms with Crippen molar-refractivity contribution in [2.45, 2.75) is 30.5 Å². The first kappa shape index (κ1) is 16.2. The van der Waals surface area contributed by atoms with E-state index in [0.717, 1.165) is 4.90 Å². The van der Waals surface area contributed by atoms with Crippen LogP contribution >= 0.6 is 11.8 Å². The molecule has 1 amide bonds. The van der Waals surface area contributed by atoms with E-state index in [-0.39, 0.29) is 17.5 Å². The van der Waals surface area contributed by atoms with Crippen LogP contribution < -0.4 is 5.32 Å². The maximum Gasteiger partial charge on any atom is 0.339 e. The van der Waals surface area contributed by atoms with Gasteiger partial charge in [-0.15, -0.1) is 11.8 Å². The molecule has 0 saturated heterocycles. The molecular formula is C16H17NO4S. The molecule has 2 aromatic rings. The second-order valence-corrected chi connectivity index (χ2v) is 5.99. The van der Waals surface area contributed by atoms with Gasteiger partial charge in [-0.1, -0.05) is 12.1 Å². The monoisotopic (exact) mass is 319 g/mol. The third kappa shape index (κ3) is 3.92. The summed E-state index contributed by atoms with van der Waals surface area (Å²) in [5, 5.41) is 11.9. The second-order valence-electron chi connectivity index (χ2n) is 4.98. The molecule has 6 heteroatoms. The van der Waals surface area contributed by atoms with Gasteiger partial charge in [0.2, 0.25) is 0 Å². The van der Waals surface area contributed by atoms with Gasteiger partial charge in [0.05, 0.1) is 17.6 Å². The number of hydrogen-bond acceptors (Lipinski definition) is 4. The Balaban J connectivity index is 2.15. The van der Waals surface area contributed by atoms with Gasteiger partial charge in [-0.05, 0) is 32.0 Å². The van der Waals surface area contributed by atoms with E-state index in [1.54, 1.807) is 12.1 Å². The van der Waals surface area contributed by atoms with E-state index in [1.807, 2.05) is 26.0 Å². The number of thioether (sulfide) groups is 1. The van der Waals surface area contributed by atoms with Crippen molar-refractivity contribution in [2.75, 3.05) is 0 Å². The van der Waals surface area contributed by atoms with Gasteiger partial charge in [0.15, 0.2) is 0 Å². The minimum atomic E-state index is -1.02. The lowest BCUT2D eigenvalue weighted by molar-refractivity contribution is 0.0694. The van der Waals surface area contributed by atoms with Crippen LogP contribution in [-0.4, -0.2) is 23.0 Å². The van der Waals surface area contributed by atoms with Crippen LogP contribution in [0.25, 0.3) is 0 Å². The SMILES string of the molecule is CC(C)NC(=O)c1ccccc1SCc1occc1C(=O)O. The third-order valence-corrected chi connectivity index (χ3v) is 3.96. The Kier molecular flexibility index (Phi) is 5.27. The smallest absolute Gasteiger partial charge is 0.339 e. The number of amides is 1. The molecule has 1 heterocycles. The standard InChI is InChI=1S/C16H17NO4S/c1-10(2)17-15(18)12-5-3-4-6-14(12)22-9-13-11(16(19)20)7-8-21-13/h3-8,10H,9H2,1-2H3,(H,17,18)(H,19,20). The quantitative estimate of drug-likeness (QED) is 0.798. The van der Waals surface area contributed by atoms with Crippen LogP contribution in [-0.2, 0) is 5.75 Å². The summed E-state index contributed by atoms with van der Waals surface area (Å²) in [7, 11) is 0. The van der Waals surface area contributed by atoms with Crippen molar-refractivity contribution in [2.24, 2.45) is 0 Å². The maximum atomic E-state index is 12.2. The fourth-order valence-electron chi connectivity index (χ4n) is 1.91. The van der Waals surface area contributed by atoms with Crippen LogP contribution in [0.2, 0.25) is 0 Å². The molecule has 5 nitrogen and oxygen atoms in total. The number of benzene rings is 1. The molecule has 0 bridgehead atoms. The van der Waals surface area contributed by atoms with Gasteiger partial charge >= 0.3 is 5.97 Å². The van der Waals surface area contributed by atoms with Gasteiger partial charge in [0, 0.05) is 10.9 Å². The summed E-state index contributed by atoms with van der Waals surface area (Å²) in [5.41, 5.74) is 0.723. The summed E-state index contributed by atoms with van der Waals surface area (Å²) in [6.45, 7) is 3.80. The number of carbonyl (C=O) groups excluding carboxylic acids is 1. The molecule has 22 heavy (non-hydrogen) atoms. The van der Waals surface area contributed by atoms with Crippen LogP contribution in [0.3, 0.4) is 0 Å². The molecule has 0 aliphatic rings. The van der Waals surface area contributed by atoms with E-state index in [4.69, 9.17) is 9.52 Å². The van der Waals surface area contributed by atoms with E-state index >= 15 is 0 Å². The minimum absolute atomic E-state index is 0.0502. The predicted octanol–water partition coefficient (Wildman–Crippen LogP) is 3.41. The predicted molar refractivity (Wildman–Crippen MR) is 84.3 cm³/mol. The van der Waals surface area contributed by atoms with E-state index < -0.39 is 5.97 Å². The third-order valence-electron chi connectivity index (χ3n) is 2.89. The highest BCUT2D eigenvalue weighted by atomic mass is 32.2. The van der Waals surface area contributed by atoms with Crippen molar-refractivity contribution in [3.05, 3.63) is 53.5 Å². The highest BCUT2D eigenvalue weighted by Gasteiger charge is 2.16. The highest BCUT2D eigenvalue weighted by molar-refractivity contribution is 7.98. The Hall–Kier alpha value is -2.21. The summed E-state index contributed by atoms with van der Waals surface area (Å²) in [4.78, 5) is 24.0. The second kappa shape index (κ2) is 7.17. The highest BCUT2D eigenvalue weighted by Crippen LogP contribution is 2.28. The number of rotatable bonds is 6. The molecule has 1 aromatic heterocycles. The minimum Gasteiger partial charge on any atom is -0.478 e. The summed E-state index contributed by atoms with van der Waals surface area (Å²) in [5.74, 6) is -0.427. The summed E-state index contributed by atoms with van der Waals surface area (Å²) in [6, 6.07) is 8.71. The fourth-order valence-corrected chi connectivity index (χ4v) is 2.91. The van der Waals surface area contributed by atoms with Crippen LogP contribution in [0.15, 0.2) is 45.9 Å². The van der Waals surface area contributed by atoms with Crippen LogP contribution in [0.5, 0.6) is 0 Å². The van der Waals surface area contributed by atoms with Crippen molar-refractivity contribution < 1.29 is 19.1 Å². The lowest BCUT2D eigenvalue weighted by Gasteiger charge is -2.11. The van der Waals surface area contributed by atoms with Gasteiger partial charge in [-0.2, -0.15) is 0 Å². The molecule has 0 spiro atoms. The first-order valence-electron chi connectivity index (χ1n) is 6.81. The lowest BCUT2D eigenvalue weighted by atomic mass is 10.2. The number of carbonyl (C=O) groups is 2. The summed E-state index contributed by atoms with van der Waals surface area (Å²) in [6.07, 6.45) is 1.36. The van der Waals surface area contributed by atoms with E-state index in [9.17, 15) is 9.59 Å². The molecule has 1 aromatic carbocycles. The van der Waals surface area contributed by atoms with Crippen LogP contribution in [0.4, 0.5) is 0 Å². The summed E-state index contributed by atoms with van der Waals surface area (Å²) >= 11 is 1.37. The van der Waals surface area contributed by atoms with E-state index in [2.05, 4.69) is 5.32 Å². The first-order chi connectivity index (χ1) is 10.5. The van der Waals surface area contributed by atoms with Crippen molar-refractivity contribution in [3.63, 3.8) is 0 Å². The van der Waals surface area contributed by atoms with E-state index in [1.165, 1.54) is 24.1 Å². The van der Waals surface area contributed by atoms with Crippen molar-refractivity contribution in [1.29, 1.82) is 0 Å². The molecule has 0 unspecified atom stereocenters. The maximum absolute atomic E-state index is 12.2. The van der Waals surface area contributed by atoms with Gasteiger partial charge in [0.1, 0.15) is 11.3 Å². The fraction of sp³-hybridized carbons (Fsp3) is 0.250. The zero-order valence-electron chi connectivity index (χ0n) is 12.3. The van der Waals surface area contributed by atoms with Gasteiger partial charge in [0.25, 0.3) is 5.91 Å². The Labute approximate surface area is 132 Å². The Morgan fingerprint density at radius 1 is 1.23 bits per heavy atom. The number of furan rings is 1. The molecular weight excluding hydrogens is 302 g/mol. The molecule has 0 aliphatic carbocycles. The largest absolute Gasteiger partial charge is 0.478 e. The van der Waals surface area contributed by atoms with Gasteiger partial charge < -0.3 is 14.8 Å². The number of nitrogens with one attached hydrogen (secondary N) is 1. The molecule has 116 valence electrons. The van der Waals surface area contributed by atoms with Crippen molar-refractivity contribution in [1.82, 2.24) is 5.32 Å². The molecule has 0 radical (unpaired) electrons. The van der Waals surface area contributed by atoms with Gasteiger partial charge in [-0.3, -0.25) is 4.79 Å².